The van der Waals surface area contributed by atoms with Crippen molar-refractivity contribution in [2.45, 2.75) is 19.1 Å². The van der Waals surface area contributed by atoms with Crippen LogP contribution in [0.4, 0.5) is 19.1 Å². The van der Waals surface area contributed by atoms with Crippen LogP contribution in [0.5, 0.6) is 0 Å². The van der Waals surface area contributed by atoms with Crippen molar-refractivity contribution in [3.63, 3.8) is 0 Å². The highest BCUT2D eigenvalue weighted by Crippen LogP contribution is 2.36. The van der Waals surface area contributed by atoms with Gasteiger partial charge >= 0.3 is 12.1 Å². The second kappa shape index (κ2) is 5.66. The van der Waals surface area contributed by atoms with Gasteiger partial charge in [0.15, 0.2) is 0 Å². The number of fused-ring (bicyclic) bond motifs is 1. The number of ether oxygens (including phenoxy) is 1. The number of allylic oxidation sites excluding steroid dienone is 1. The van der Waals surface area contributed by atoms with Crippen LogP contribution in [0.2, 0.25) is 0 Å². The zero-order chi connectivity index (χ0) is 17.5. The molecular formula is C15H13F3N4O2. The number of esters is 1. The van der Waals surface area contributed by atoms with Crippen molar-refractivity contribution < 1.29 is 22.7 Å². The summed E-state index contributed by atoms with van der Waals surface area (Å²) in [6, 6.07) is 3.86. The van der Waals surface area contributed by atoms with Crippen LogP contribution in [-0.4, -0.2) is 27.8 Å². The molecule has 0 radical (unpaired) electrons. The quantitative estimate of drug-likeness (QED) is 0.853. The third-order valence-corrected chi connectivity index (χ3v) is 3.75. The van der Waals surface area contributed by atoms with Crippen LogP contribution in [0.25, 0.3) is 0 Å². The molecule has 1 atom stereocenters. The van der Waals surface area contributed by atoms with E-state index in [1.165, 1.54) is 30.3 Å². The number of hydrogen-bond donors (Lipinski definition) is 1. The second-order valence-electron chi connectivity index (χ2n) is 5.21. The average Bonchev–Trinajstić information content (AvgIpc) is 3.00. The highest BCUT2D eigenvalue weighted by atomic mass is 19.4. The molecule has 0 saturated carbocycles. The van der Waals surface area contributed by atoms with Gasteiger partial charge in [-0.3, -0.25) is 0 Å². The minimum Gasteiger partial charge on any atom is -0.466 e. The Morgan fingerprint density at radius 3 is 2.54 bits per heavy atom. The molecule has 1 aliphatic rings. The van der Waals surface area contributed by atoms with E-state index in [0.717, 1.165) is 12.1 Å². The largest absolute Gasteiger partial charge is 0.466 e. The third-order valence-electron chi connectivity index (χ3n) is 3.75. The summed E-state index contributed by atoms with van der Waals surface area (Å²) >= 11 is 0. The molecule has 0 saturated heterocycles. The topological polar surface area (TPSA) is 69.0 Å². The van der Waals surface area contributed by atoms with E-state index in [4.69, 9.17) is 4.74 Å². The number of nitrogens with zero attached hydrogens (tertiary/aromatic N) is 3. The van der Waals surface area contributed by atoms with Gasteiger partial charge in [-0.25, -0.2) is 9.48 Å². The van der Waals surface area contributed by atoms with Crippen LogP contribution >= 0.6 is 0 Å². The molecule has 24 heavy (non-hydrogen) atoms. The Balaban J connectivity index is 2.11. The molecule has 0 fully saturated rings. The van der Waals surface area contributed by atoms with E-state index in [2.05, 4.69) is 15.4 Å². The van der Waals surface area contributed by atoms with Gasteiger partial charge in [-0.15, -0.1) is 0 Å². The van der Waals surface area contributed by atoms with Crippen LogP contribution in [0, 0.1) is 0 Å². The molecule has 0 aliphatic carbocycles. The predicted molar refractivity (Wildman–Crippen MR) is 77.9 cm³/mol. The second-order valence-corrected chi connectivity index (χ2v) is 5.21. The van der Waals surface area contributed by atoms with Gasteiger partial charge in [0, 0.05) is 5.70 Å². The number of halogens is 3. The van der Waals surface area contributed by atoms with Crippen molar-refractivity contribution in [3.05, 3.63) is 53.0 Å². The summed E-state index contributed by atoms with van der Waals surface area (Å²) < 4.78 is 44.5. The summed E-state index contributed by atoms with van der Waals surface area (Å²) in [5.41, 5.74) is 0.470. The molecule has 0 unspecified atom stereocenters. The van der Waals surface area contributed by atoms with Crippen LogP contribution in [0.1, 0.15) is 24.1 Å². The van der Waals surface area contributed by atoms with Crippen LogP contribution in [-0.2, 0) is 15.7 Å². The molecule has 1 aromatic heterocycles. The Hall–Kier alpha value is -2.84. The lowest BCUT2D eigenvalue weighted by molar-refractivity contribution is -0.138. The van der Waals surface area contributed by atoms with Gasteiger partial charge < -0.3 is 10.1 Å². The van der Waals surface area contributed by atoms with E-state index in [-0.39, 0.29) is 5.57 Å². The fourth-order valence-electron chi connectivity index (χ4n) is 2.63. The molecule has 2 heterocycles. The number of alkyl halides is 3. The molecule has 1 N–H and O–H groups in total. The number of carbonyl (C=O) groups excluding carboxylic acids is 1. The fraction of sp³-hybridized carbons (Fsp3) is 0.267. The van der Waals surface area contributed by atoms with Crippen LogP contribution in [0.3, 0.4) is 0 Å². The molecule has 9 heteroatoms. The van der Waals surface area contributed by atoms with Crippen molar-refractivity contribution in [2.24, 2.45) is 0 Å². The summed E-state index contributed by atoms with van der Waals surface area (Å²) in [6.07, 6.45) is -3.13. The summed E-state index contributed by atoms with van der Waals surface area (Å²) in [4.78, 5) is 16.2. The number of methoxy groups -OCH3 is 1. The van der Waals surface area contributed by atoms with E-state index in [0.29, 0.717) is 17.2 Å². The van der Waals surface area contributed by atoms with E-state index >= 15 is 0 Å². The number of benzene rings is 1. The summed E-state index contributed by atoms with van der Waals surface area (Å²) in [5.74, 6) is -0.198. The Kier molecular flexibility index (Phi) is 3.78. The first-order chi connectivity index (χ1) is 11.3. The molecule has 126 valence electrons. The molecule has 6 nitrogen and oxygen atoms in total. The number of carbonyl (C=O) groups is 1. The smallest absolute Gasteiger partial charge is 0.416 e. The minimum atomic E-state index is -4.43. The van der Waals surface area contributed by atoms with Gasteiger partial charge in [-0.05, 0) is 24.6 Å². The van der Waals surface area contributed by atoms with Gasteiger partial charge in [0.2, 0.25) is 5.95 Å². The molecule has 3 rings (SSSR count). The number of hydrogen-bond acceptors (Lipinski definition) is 5. The van der Waals surface area contributed by atoms with Gasteiger partial charge in [0.1, 0.15) is 12.4 Å². The van der Waals surface area contributed by atoms with Crippen molar-refractivity contribution in [1.29, 1.82) is 0 Å². The van der Waals surface area contributed by atoms with E-state index in [9.17, 15) is 18.0 Å². The zero-order valence-corrected chi connectivity index (χ0v) is 12.8. The van der Waals surface area contributed by atoms with Crippen LogP contribution in [0.15, 0.2) is 41.9 Å². The third kappa shape index (κ3) is 2.61. The summed E-state index contributed by atoms with van der Waals surface area (Å²) in [6.45, 7) is 1.67. The van der Waals surface area contributed by atoms with Crippen molar-refractivity contribution in [1.82, 2.24) is 14.8 Å². The van der Waals surface area contributed by atoms with Crippen molar-refractivity contribution in [3.8, 4) is 0 Å². The predicted octanol–water partition coefficient (Wildman–Crippen LogP) is 2.76. The SMILES string of the molecule is COC(=O)C1=C(C)Nc2ncnn2[C@H]1c1ccc(C(F)(F)F)cc1. The van der Waals surface area contributed by atoms with Crippen LogP contribution < -0.4 is 5.32 Å². The Bertz CT molecular complexity index is 809. The Morgan fingerprint density at radius 1 is 1.29 bits per heavy atom. The lowest BCUT2D eigenvalue weighted by Crippen LogP contribution is -2.29. The molecule has 2 aromatic rings. The molecule has 1 aromatic carbocycles. The summed E-state index contributed by atoms with van der Waals surface area (Å²) in [5, 5.41) is 6.99. The van der Waals surface area contributed by atoms with Gasteiger partial charge in [0.05, 0.1) is 18.2 Å². The average molecular weight is 338 g/mol. The van der Waals surface area contributed by atoms with Gasteiger partial charge in [0.25, 0.3) is 0 Å². The van der Waals surface area contributed by atoms with Gasteiger partial charge in [-0.1, -0.05) is 12.1 Å². The first kappa shape index (κ1) is 16.0. The lowest BCUT2D eigenvalue weighted by atomic mass is 9.95. The maximum atomic E-state index is 12.8. The molecule has 0 amide bonds. The standard InChI is InChI=1S/C15H13F3N4O2/c1-8-11(13(23)24-2)12(22-14(21-8)19-7-20-22)9-3-5-10(6-4-9)15(16,17)18/h3-7,12H,1-2H3,(H,19,20,21)/t12-/m0/s1. The highest BCUT2D eigenvalue weighted by Gasteiger charge is 2.35. The number of aromatic nitrogens is 3. The summed E-state index contributed by atoms with van der Waals surface area (Å²) in [7, 11) is 1.24. The van der Waals surface area contributed by atoms with Crippen molar-refractivity contribution in [2.75, 3.05) is 12.4 Å². The van der Waals surface area contributed by atoms with Crippen molar-refractivity contribution >= 4 is 11.9 Å². The first-order valence-corrected chi connectivity index (χ1v) is 6.95. The Morgan fingerprint density at radius 2 is 1.96 bits per heavy atom. The zero-order valence-electron chi connectivity index (χ0n) is 12.8. The number of nitrogens with one attached hydrogen (secondary N) is 1. The highest BCUT2D eigenvalue weighted by molar-refractivity contribution is 5.92. The molecule has 0 spiro atoms. The minimum absolute atomic E-state index is 0.259. The maximum Gasteiger partial charge on any atom is 0.416 e. The lowest BCUT2D eigenvalue weighted by Gasteiger charge is -2.28. The van der Waals surface area contributed by atoms with E-state index in [1.807, 2.05) is 0 Å². The molecular weight excluding hydrogens is 325 g/mol. The monoisotopic (exact) mass is 338 g/mol. The maximum absolute atomic E-state index is 12.8. The molecule has 1 aliphatic heterocycles. The Labute approximate surface area is 134 Å². The normalized spacial score (nSPS) is 17.3. The van der Waals surface area contributed by atoms with Gasteiger partial charge in [-0.2, -0.15) is 23.3 Å². The number of rotatable bonds is 2. The first-order valence-electron chi connectivity index (χ1n) is 6.95. The van der Waals surface area contributed by atoms with E-state index < -0.39 is 23.8 Å². The molecule has 0 bridgehead atoms. The number of anilines is 1. The fourth-order valence-corrected chi connectivity index (χ4v) is 2.63. The van der Waals surface area contributed by atoms with E-state index in [1.54, 1.807) is 6.92 Å².